The normalized spacial score (nSPS) is 53.8. The zero-order valence-corrected chi connectivity index (χ0v) is 11.7. The van der Waals surface area contributed by atoms with Gasteiger partial charge in [0.25, 0.3) is 0 Å². The lowest BCUT2D eigenvalue weighted by molar-refractivity contribution is -0.213. The van der Waals surface area contributed by atoms with Crippen molar-refractivity contribution in [1.29, 1.82) is 0 Å². The fourth-order valence-electron chi connectivity index (χ4n) is 6.48. The molecule has 1 heterocycles. The molecule has 2 heteroatoms. The van der Waals surface area contributed by atoms with Crippen LogP contribution in [0.1, 0.15) is 32.1 Å². The second-order valence-electron chi connectivity index (χ2n) is 7.66. The molecule has 5 unspecified atom stereocenters. The van der Waals surface area contributed by atoms with E-state index in [1.165, 1.54) is 19.3 Å². The van der Waals surface area contributed by atoms with Crippen LogP contribution in [0.25, 0.3) is 0 Å². The first-order chi connectivity index (χ1) is 9.32. The SMILES string of the molecule is C(#CC12CC3CC4CC(C1)C42C3)CN1CCOCC1. The summed E-state index contributed by atoms with van der Waals surface area (Å²) in [6, 6.07) is 0. The summed E-state index contributed by atoms with van der Waals surface area (Å²) in [5.74, 6) is 10.5. The molecular weight excluding hydrogens is 234 g/mol. The van der Waals surface area contributed by atoms with Crippen LogP contribution in [0.15, 0.2) is 0 Å². The van der Waals surface area contributed by atoms with Gasteiger partial charge in [0, 0.05) is 18.5 Å². The topological polar surface area (TPSA) is 12.5 Å². The minimum Gasteiger partial charge on any atom is -0.379 e. The zero-order valence-electron chi connectivity index (χ0n) is 11.7. The van der Waals surface area contributed by atoms with Crippen molar-refractivity contribution < 1.29 is 4.74 Å². The molecule has 0 aromatic carbocycles. The van der Waals surface area contributed by atoms with Gasteiger partial charge in [0.05, 0.1) is 19.8 Å². The van der Waals surface area contributed by atoms with Crippen LogP contribution < -0.4 is 0 Å². The lowest BCUT2D eigenvalue weighted by atomic mass is 9.32. The number of rotatable bonds is 1. The van der Waals surface area contributed by atoms with Gasteiger partial charge in [-0.3, -0.25) is 4.90 Å². The number of hydrogen-bond acceptors (Lipinski definition) is 2. The molecular formula is C17H23NO. The molecule has 2 nitrogen and oxygen atoms in total. The zero-order chi connectivity index (χ0) is 12.5. The fraction of sp³-hybridized carbons (Fsp3) is 0.882. The van der Waals surface area contributed by atoms with Gasteiger partial charge in [-0.25, -0.2) is 0 Å². The molecule has 4 aliphatic carbocycles. The number of fused-ring (bicyclic) bond motifs is 1. The molecule has 0 radical (unpaired) electrons. The maximum atomic E-state index is 5.40. The van der Waals surface area contributed by atoms with Gasteiger partial charge in [0.1, 0.15) is 0 Å². The number of ether oxygens (including phenoxy) is 1. The van der Waals surface area contributed by atoms with E-state index >= 15 is 0 Å². The Kier molecular flexibility index (Phi) is 2.10. The van der Waals surface area contributed by atoms with Gasteiger partial charge in [-0.15, -0.1) is 0 Å². The van der Waals surface area contributed by atoms with E-state index < -0.39 is 0 Å². The number of morpholine rings is 1. The van der Waals surface area contributed by atoms with E-state index in [1.54, 1.807) is 12.8 Å². The van der Waals surface area contributed by atoms with Crippen molar-refractivity contribution in [1.82, 2.24) is 4.90 Å². The average Bonchev–Trinajstić information content (AvgIpc) is 2.88. The Balaban J connectivity index is 1.33. The van der Waals surface area contributed by atoms with Crippen molar-refractivity contribution in [3.05, 3.63) is 0 Å². The summed E-state index contributed by atoms with van der Waals surface area (Å²) in [5.41, 5.74) is 1.21. The average molecular weight is 257 g/mol. The van der Waals surface area contributed by atoms with E-state index in [0.29, 0.717) is 5.41 Å². The maximum Gasteiger partial charge on any atom is 0.0603 e. The largest absolute Gasteiger partial charge is 0.379 e. The Hall–Kier alpha value is -0.520. The molecule has 5 aliphatic rings. The number of nitrogens with zero attached hydrogens (tertiary/aromatic N) is 1. The quantitative estimate of drug-likeness (QED) is 0.667. The molecule has 5 rings (SSSR count). The van der Waals surface area contributed by atoms with Gasteiger partial charge in [-0.2, -0.15) is 0 Å². The molecule has 0 N–H and O–H groups in total. The molecule has 0 aromatic heterocycles. The van der Waals surface area contributed by atoms with Crippen LogP contribution in [0.3, 0.4) is 0 Å². The third-order valence-corrected chi connectivity index (χ3v) is 7.13. The van der Waals surface area contributed by atoms with Crippen LogP contribution in [0.4, 0.5) is 0 Å². The molecule has 19 heavy (non-hydrogen) atoms. The van der Waals surface area contributed by atoms with Crippen LogP contribution in [0.2, 0.25) is 0 Å². The molecule has 0 aromatic rings. The van der Waals surface area contributed by atoms with Gasteiger partial charge < -0.3 is 4.74 Å². The minimum absolute atomic E-state index is 0.482. The second-order valence-corrected chi connectivity index (χ2v) is 7.66. The Morgan fingerprint density at radius 2 is 1.95 bits per heavy atom. The molecule has 0 amide bonds. The van der Waals surface area contributed by atoms with E-state index in [-0.39, 0.29) is 0 Å². The number of hydrogen-bond donors (Lipinski definition) is 0. The fourth-order valence-corrected chi connectivity index (χ4v) is 6.48. The summed E-state index contributed by atoms with van der Waals surface area (Å²) in [4.78, 5) is 2.45. The predicted octanol–water partition coefficient (Wildman–Crippen LogP) is 2.15. The van der Waals surface area contributed by atoms with E-state index in [0.717, 1.165) is 56.0 Å². The summed E-state index contributed by atoms with van der Waals surface area (Å²) in [5, 5.41) is 0. The molecule has 1 spiro atoms. The molecule has 1 aliphatic heterocycles. The smallest absolute Gasteiger partial charge is 0.0603 e. The standard InChI is InChI=1S/C17H23NO/c1(3-18-4-6-19-7-5-18)2-16-10-13-8-14-9-15(12-16)17(14,16)11-13/h13-15H,3-12H2. The highest BCUT2D eigenvalue weighted by Crippen LogP contribution is 2.86. The summed E-state index contributed by atoms with van der Waals surface area (Å²) in [6.45, 7) is 4.90. The summed E-state index contributed by atoms with van der Waals surface area (Å²) in [6.07, 6.45) is 7.51. The van der Waals surface area contributed by atoms with Gasteiger partial charge >= 0.3 is 0 Å². The van der Waals surface area contributed by atoms with Crippen molar-refractivity contribution in [3.63, 3.8) is 0 Å². The highest BCUT2D eigenvalue weighted by Gasteiger charge is 2.80. The first-order valence-electron chi connectivity index (χ1n) is 8.13. The van der Waals surface area contributed by atoms with Crippen molar-refractivity contribution in [2.75, 3.05) is 32.8 Å². The Labute approximate surface area is 115 Å². The minimum atomic E-state index is 0.482. The summed E-state index contributed by atoms with van der Waals surface area (Å²) >= 11 is 0. The summed E-state index contributed by atoms with van der Waals surface area (Å²) in [7, 11) is 0. The Morgan fingerprint density at radius 1 is 1.05 bits per heavy atom. The van der Waals surface area contributed by atoms with Crippen molar-refractivity contribution >= 4 is 0 Å². The van der Waals surface area contributed by atoms with E-state index in [9.17, 15) is 0 Å². The second kappa shape index (κ2) is 3.57. The molecule has 102 valence electrons. The van der Waals surface area contributed by atoms with Gasteiger partial charge in [-0.05, 0) is 55.3 Å². The van der Waals surface area contributed by atoms with Gasteiger partial charge in [-0.1, -0.05) is 11.8 Å². The van der Waals surface area contributed by atoms with Crippen molar-refractivity contribution in [2.24, 2.45) is 28.6 Å². The molecule has 5 fully saturated rings. The van der Waals surface area contributed by atoms with Crippen LogP contribution in [0, 0.1) is 40.4 Å². The molecule has 5 atom stereocenters. The lowest BCUT2D eigenvalue weighted by Gasteiger charge is -2.71. The van der Waals surface area contributed by atoms with Crippen LogP contribution in [-0.4, -0.2) is 37.7 Å². The van der Waals surface area contributed by atoms with Crippen molar-refractivity contribution in [2.45, 2.75) is 32.1 Å². The molecule has 4 saturated carbocycles. The van der Waals surface area contributed by atoms with E-state index in [4.69, 9.17) is 4.74 Å². The molecule has 2 bridgehead atoms. The maximum absolute atomic E-state index is 5.40. The van der Waals surface area contributed by atoms with Gasteiger partial charge in [0.15, 0.2) is 0 Å². The monoisotopic (exact) mass is 257 g/mol. The third kappa shape index (κ3) is 1.22. The first kappa shape index (κ1) is 11.2. The molecule has 1 saturated heterocycles. The van der Waals surface area contributed by atoms with Gasteiger partial charge in [0.2, 0.25) is 0 Å². The predicted molar refractivity (Wildman–Crippen MR) is 73.5 cm³/mol. The first-order valence-corrected chi connectivity index (χ1v) is 8.13. The lowest BCUT2D eigenvalue weighted by Crippen LogP contribution is -2.66. The van der Waals surface area contributed by atoms with E-state index in [1.807, 2.05) is 0 Å². The Bertz CT molecular complexity index is 471. The van der Waals surface area contributed by atoms with Crippen LogP contribution in [0.5, 0.6) is 0 Å². The third-order valence-electron chi connectivity index (χ3n) is 7.13. The summed E-state index contributed by atoms with van der Waals surface area (Å²) < 4.78 is 5.40. The Morgan fingerprint density at radius 3 is 2.74 bits per heavy atom. The highest BCUT2D eigenvalue weighted by molar-refractivity contribution is 5.37. The van der Waals surface area contributed by atoms with Crippen molar-refractivity contribution in [3.8, 4) is 11.8 Å². The van der Waals surface area contributed by atoms with Crippen LogP contribution in [-0.2, 0) is 4.74 Å². The van der Waals surface area contributed by atoms with Crippen LogP contribution >= 0.6 is 0 Å². The highest BCUT2D eigenvalue weighted by atomic mass is 16.5. The van der Waals surface area contributed by atoms with E-state index in [2.05, 4.69) is 16.7 Å².